The minimum Gasteiger partial charge on any atom is -0.336 e. The van der Waals surface area contributed by atoms with E-state index in [0.717, 1.165) is 11.2 Å². The van der Waals surface area contributed by atoms with Gasteiger partial charge in [-0.15, -0.1) is 5.10 Å². The van der Waals surface area contributed by atoms with Crippen molar-refractivity contribution in [3.8, 4) is 0 Å². The van der Waals surface area contributed by atoms with Gasteiger partial charge >= 0.3 is 0 Å². The summed E-state index contributed by atoms with van der Waals surface area (Å²) in [4.78, 5) is 13.9. The van der Waals surface area contributed by atoms with E-state index >= 15 is 0 Å². The van der Waals surface area contributed by atoms with Gasteiger partial charge in [0.25, 0.3) is 0 Å². The van der Waals surface area contributed by atoms with Gasteiger partial charge < -0.3 is 4.98 Å². The van der Waals surface area contributed by atoms with Gasteiger partial charge in [-0.25, -0.2) is 4.68 Å². The second-order valence-corrected chi connectivity index (χ2v) is 2.69. The van der Waals surface area contributed by atoms with E-state index in [4.69, 9.17) is 0 Å². The van der Waals surface area contributed by atoms with Crippen LogP contribution < -0.4 is 0 Å². The predicted molar refractivity (Wildman–Crippen MR) is 42.9 cm³/mol. The van der Waals surface area contributed by atoms with E-state index < -0.39 is 0 Å². The number of nitrogens with zero attached hydrogens (tertiary/aromatic N) is 3. The molecule has 5 nitrogen and oxygen atoms in total. The Kier molecular flexibility index (Phi) is 1.27. The molecule has 0 aliphatic heterocycles. The van der Waals surface area contributed by atoms with Crippen LogP contribution in [0.4, 0.5) is 0 Å². The molecule has 0 radical (unpaired) electrons. The summed E-state index contributed by atoms with van der Waals surface area (Å²) in [5.74, 6) is 0.00741. The van der Waals surface area contributed by atoms with E-state index in [2.05, 4.69) is 15.3 Å². The molecule has 5 heteroatoms. The molecule has 0 saturated heterocycles. The summed E-state index contributed by atoms with van der Waals surface area (Å²) in [6.45, 7) is 1.51. The Bertz CT molecular complexity index is 439. The topological polar surface area (TPSA) is 63.6 Å². The second kappa shape index (κ2) is 2.17. The monoisotopic (exact) mass is 164 g/mol. The maximum absolute atomic E-state index is 10.9. The Morgan fingerprint density at radius 1 is 1.67 bits per heavy atom. The number of rotatable bonds is 1. The summed E-state index contributed by atoms with van der Waals surface area (Å²) >= 11 is 0. The van der Waals surface area contributed by atoms with Gasteiger partial charge in [0.1, 0.15) is 5.52 Å². The van der Waals surface area contributed by atoms with E-state index in [1.54, 1.807) is 17.8 Å². The largest absolute Gasteiger partial charge is 0.336 e. The van der Waals surface area contributed by atoms with Crippen molar-refractivity contribution in [2.75, 3.05) is 0 Å². The van der Waals surface area contributed by atoms with Crippen molar-refractivity contribution in [1.29, 1.82) is 0 Å². The molecular weight excluding hydrogens is 156 g/mol. The Morgan fingerprint density at radius 3 is 3.00 bits per heavy atom. The molecule has 0 amide bonds. The fourth-order valence-corrected chi connectivity index (χ4v) is 1.11. The summed E-state index contributed by atoms with van der Waals surface area (Å²) in [5.41, 5.74) is 2.08. The zero-order chi connectivity index (χ0) is 8.72. The first-order chi connectivity index (χ1) is 5.68. The maximum Gasteiger partial charge on any atom is 0.176 e. The molecule has 0 aromatic carbocycles. The van der Waals surface area contributed by atoms with Crippen LogP contribution in [0.1, 0.15) is 17.4 Å². The number of aryl methyl sites for hydroxylation is 1. The summed E-state index contributed by atoms with van der Waals surface area (Å²) in [6, 6.07) is 1.70. The number of fused-ring (bicyclic) bond motifs is 1. The third-order valence-electron chi connectivity index (χ3n) is 1.77. The van der Waals surface area contributed by atoms with Gasteiger partial charge in [-0.3, -0.25) is 4.79 Å². The van der Waals surface area contributed by atoms with Crippen molar-refractivity contribution in [2.45, 2.75) is 6.92 Å². The first kappa shape index (κ1) is 7.02. The molecule has 0 unspecified atom stereocenters. The highest BCUT2D eigenvalue weighted by atomic mass is 16.1. The number of ketones is 1. The highest BCUT2D eigenvalue weighted by Crippen LogP contribution is 2.10. The van der Waals surface area contributed by atoms with Crippen LogP contribution in [0.15, 0.2) is 6.07 Å². The first-order valence-electron chi connectivity index (χ1n) is 3.58. The molecule has 0 bridgehead atoms. The lowest BCUT2D eigenvalue weighted by molar-refractivity contribution is 0.101. The molecule has 2 rings (SSSR count). The van der Waals surface area contributed by atoms with Gasteiger partial charge in [-0.2, -0.15) is 0 Å². The van der Waals surface area contributed by atoms with Gasteiger partial charge in [0.2, 0.25) is 0 Å². The zero-order valence-electron chi connectivity index (χ0n) is 6.83. The molecule has 62 valence electrons. The first-order valence-corrected chi connectivity index (χ1v) is 3.58. The molecule has 2 aromatic heterocycles. The number of hydrogen-bond acceptors (Lipinski definition) is 3. The third kappa shape index (κ3) is 0.827. The zero-order valence-corrected chi connectivity index (χ0v) is 6.83. The van der Waals surface area contributed by atoms with E-state index in [1.807, 2.05) is 0 Å². The number of H-pyrrole nitrogens is 1. The van der Waals surface area contributed by atoms with Crippen molar-refractivity contribution in [3.63, 3.8) is 0 Å². The molecule has 0 atom stereocenters. The number of aromatic amines is 1. The lowest BCUT2D eigenvalue weighted by Gasteiger charge is -1.87. The number of carbonyl (C=O) groups is 1. The predicted octanol–water partition coefficient (Wildman–Crippen LogP) is 0.499. The third-order valence-corrected chi connectivity index (χ3v) is 1.77. The van der Waals surface area contributed by atoms with Crippen molar-refractivity contribution in [3.05, 3.63) is 11.8 Å². The molecule has 2 heterocycles. The van der Waals surface area contributed by atoms with Crippen LogP contribution in [-0.2, 0) is 7.05 Å². The van der Waals surface area contributed by atoms with Gasteiger partial charge in [0.05, 0.1) is 5.69 Å². The van der Waals surface area contributed by atoms with E-state index in [0.29, 0.717) is 5.69 Å². The summed E-state index contributed by atoms with van der Waals surface area (Å²) in [6.07, 6.45) is 0. The van der Waals surface area contributed by atoms with E-state index in [-0.39, 0.29) is 5.78 Å². The Balaban J connectivity index is 2.70. The quantitative estimate of drug-likeness (QED) is 0.624. The number of carbonyl (C=O) groups excluding carboxylic acids is 1. The van der Waals surface area contributed by atoms with Gasteiger partial charge in [-0.1, -0.05) is 5.21 Å². The molecular formula is C7H8N4O. The highest BCUT2D eigenvalue weighted by molar-refractivity contribution is 5.96. The minimum absolute atomic E-state index is 0.00741. The maximum atomic E-state index is 10.9. The Morgan fingerprint density at radius 2 is 2.42 bits per heavy atom. The number of Topliss-reactive ketones (excluding diaryl/α,β-unsaturated/α-hetero) is 1. The molecule has 0 aliphatic rings. The van der Waals surface area contributed by atoms with Gasteiger partial charge in [0, 0.05) is 14.0 Å². The molecule has 0 aliphatic carbocycles. The van der Waals surface area contributed by atoms with Crippen LogP contribution in [0.25, 0.3) is 11.2 Å². The highest BCUT2D eigenvalue weighted by Gasteiger charge is 2.08. The van der Waals surface area contributed by atoms with E-state index in [9.17, 15) is 4.79 Å². The van der Waals surface area contributed by atoms with Crippen LogP contribution in [0, 0.1) is 0 Å². The lowest BCUT2D eigenvalue weighted by Crippen LogP contribution is -1.95. The molecule has 12 heavy (non-hydrogen) atoms. The Hall–Kier alpha value is -1.65. The SMILES string of the molecule is CC(=O)c1cc2nnn(C)c2[nH]1. The van der Waals surface area contributed by atoms with Crippen LogP contribution in [0.3, 0.4) is 0 Å². The molecule has 0 spiro atoms. The molecule has 1 N–H and O–H groups in total. The normalized spacial score (nSPS) is 10.8. The molecule has 0 fully saturated rings. The summed E-state index contributed by atoms with van der Waals surface area (Å²) in [5, 5.41) is 7.63. The van der Waals surface area contributed by atoms with Crippen molar-refractivity contribution in [2.24, 2.45) is 7.05 Å². The van der Waals surface area contributed by atoms with Crippen molar-refractivity contribution in [1.82, 2.24) is 20.0 Å². The number of hydrogen-bond donors (Lipinski definition) is 1. The lowest BCUT2D eigenvalue weighted by atomic mass is 10.3. The average molecular weight is 164 g/mol. The average Bonchev–Trinajstić information content (AvgIpc) is 2.53. The molecule has 0 saturated carbocycles. The van der Waals surface area contributed by atoms with Crippen LogP contribution in [-0.4, -0.2) is 25.8 Å². The van der Waals surface area contributed by atoms with Gasteiger partial charge in [-0.05, 0) is 6.07 Å². The summed E-state index contributed by atoms with van der Waals surface area (Å²) < 4.78 is 1.60. The van der Waals surface area contributed by atoms with E-state index in [1.165, 1.54) is 6.92 Å². The standard InChI is InChI=1S/C7H8N4O/c1-4(12)5-3-6-7(8-5)11(2)10-9-6/h3,8H,1-2H3. The van der Waals surface area contributed by atoms with Crippen molar-refractivity contribution < 1.29 is 4.79 Å². The molecule has 2 aromatic rings. The second-order valence-electron chi connectivity index (χ2n) is 2.69. The number of nitrogens with one attached hydrogen (secondary N) is 1. The Labute approximate surface area is 68.4 Å². The fraction of sp³-hybridized carbons (Fsp3) is 0.286. The van der Waals surface area contributed by atoms with Crippen LogP contribution in [0.2, 0.25) is 0 Å². The smallest absolute Gasteiger partial charge is 0.176 e. The van der Waals surface area contributed by atoms with Crippen LogP contribution in [0.5, 0.6) is 0 Å². The fourth-order valence-electron chi connectivity index (χ4n) is 1.11. The van der Waals surface area contributed by atoms with Gasteiger partial charge in [0.15, 0.2) is 11.4 Å². The number of aromatic nitrogens is 4. The van der Waals surface area contributed by atoms with Crippen LogP contribution >= 0.6 is 0 Å². The summed E-state index contributed by atoms with van der Waals surface area (Å²) in [7, 11) is 1.77. The minimum atomic E-state index is 0.00741. The van der Waals surface area contributed by atoms with Crippen molar-refractivity contribution >= 4 is 16.9 Å².